The SMILES string of the molecule is Cl.FC(F)(F)c1nc(-c2cccs2)nc2c1CCNC2. The number of fused-ring (bicyclic) bond motifs is 1. The minimum absolute atomic E-state index is 0. The number of alkyl halides is 3. The zero-order valence-corrected chi connectivity index (χ0v) is 11.8. The van der Waals surface area contributed by atoms with Crippen molar-refractivity contribution in [3.63, 3.8) is 0 Å². The van der Waals surface area contributed by atoms with Gasteiger partial charge in [-0.2, -0.15) is 13.2 Å². The number of halogens is 4. The van der Waals surface area contributed by atoms with Gasteiger partial charge in [0.05, 0.1) is 10.6 Å². The molecule has 8 heteroatoms. The second-order valence-electron chi connectivity index (χ2n) is 4.22. The van der Waals surface area contributed by atoms with Crippen LogP contribution in [0.2, 0.25) is 0 Å². The maximum atomic E-state index is 13.1. The minimum atomic E-state index is -4.43. The Bertz CT molecular complexity index is 599. The highest BCUT2D eigenvalue weighted by atomic mass is 35.5. The molecule has 3 heterocycles. The van der Waals surface area contributed by atoms with Gasteiger partial charge >= 0.3 is 6.18 Å². The maximum Gasteiger partial charge on any atom is 0.433 e. The van der Waals surface area contributed by atoms with Crippen molar-refractivity contribution in [2.45, 2.75) is 19.1 Å². The van der Waals surface area contributed by atoms with Crippen molar-refractivity contribution in [3.8, 4) is 10.7 Å². The number of hydrogen-bond acceptors (Lipinski definition) is 4. The molecule has 3 rings (SSSR count). The van der Waals surface area contributed by atoms with Crippen molar-refractivity contribution in [3.05, 3.63) is 34.5 Å². The first-order valence-corrected chi connectivity index (χ1v) is 6.65. The lowest BCUT2D eigenvalue weighted by molar-refractivity contribution is -0.142. The van der Waals surface area contributed by atoms with Crippen molar-refractivity contribution < 1.29 is 13.2 Å². The van der Waals surface area contributed by atoms with Crippen LogP contribution in [0.15, 0.2) is 17.5 Å². The van der Waals surface area contributed by atoms with E-state index in [-0.39, 0.29) is 23.8 Å². The fraction of sp³-hybridized carbons (Fsp3) is 0.333. The molecule has 20 heavy (non-hydrogen) atoms. The zero-order valence-electron chi connectivity index (χ0n) is 10.2. The van der Waals surface area contributed by atoms with Crippen LogP contribution in [-0.2, 0) is 19.1 Å². The van der Waals surface area contributed by atoms with E-state index in [1.165, 1.54) is 11.3 Å². The van der Waals surface area contributed by atoms with Gasteiger partial charge in [0.15, 0.2) is 11.5 Å². The molecule has 0 bridgehead atoms. The average Bonchev–Trinajstić information content (AvgIpc) is 2.90. The Hall–Kier alpha value is -1.18. The summed E-state index contributed by atoms with van der Waals surface area (Å²) in [6.45, 7) is 0.886. The first kappa shape index (κ1) is 15.2. The molecule has 0 radical (unpaired) electrons. The van der Waals surface area contributed by atoms with E-state index in [9.17, 15) is 13.2 Å². The number of hydrogen-bond donors (Lipinski definition) is 1. The van der Waals surface area contributed by atoms with Crippen LogP contribution in [-0.4, -0.2) is 16.5 Å². The topological polar surface area (TPSA) is 37.8 Å². The van der Waals surface area contributed by atoms with E-state index >= 15 is 0 Å². The Morgan fingerprint density at radius 2 is 2.05 bits per heavy atom. The molecule has 1 aliphatic heterocycles. The van der Waals surface area contributed by atoms with Crippen LogP contribution in [0.4, 0.5) is 13.2 Å². The van der Waals surface area contributed by atoms with E-state index in [0.29, 0.717) is 30.1 Å². The van der Waals surface area contributed by atoms with E-state index in [4.69, 9.17) is 0 Å². The van der Waals surface area contributed by atoms with Crippen molar-refractivity contribution >= 4 is 23.7 Å². The molecule has 0 atom stereocenters. The average molecular weight is 322 g/mol. The summed E-state index contributed by atoms with van der Waals surface area (Å²) in [5, 5.41) is 4.83. The Morgan fingerprint density at radius 1 is 1.25 bits per heavy atom. The third-order valence-corrected chi connectivity index (χ3v) is 3.81. The van der Waals surface area contributed by atoms with Crippen LogP contribution in [0.3, 0.4) is 0 Å². The summed E-state index contributed by atoms with van der Waals surface area (Å²) in [7, 11) is 0. The van der Waals surface area contributed by atoms with Crippen LogP contribution in [0.1, 0.15) is 17.0 Å². The molecular formula is C12H11ClF3N3S. The van der Waals surface area contributed by atoms with E-state index in [1.807, 2.05) is 0 Å². The van der Waals surface area contributed by atoms with E-state index in [0.717, 1.165) is 0 Å². The highest BCUT2D eigenvalue weighted by Crippen LogP contribution is 2.34. The molecule has 108 valence electrons. The summed E-state index contributed by atoms with van der Waals surface area (Å²) in [4.78, 5) is 8.66. The predicted molar refractivity (Wildman–Crippen MR) is 73.0 cm³/mol. The Kier molecular flexibility index (Phi) is 4.31. The lowest BCUT2D eigenvalue weighted by Gasteiger charge is -2.20. The van der Waals surface area contributed by atoms with E-state index in [2.05, 4.69) is 15.3 Å². The molecule has 0 spiro atoms. The summed E-state index contributed by atoms with van der Waals surface area (Å²) >= 11 is 1.33. The summed E-state index contributed by atoms with van der Waals surface area (Å²) in [5.74, 6) is 0.157. The van der Waals surface area contributed by atoms with Crippen LogP contribution < -0.4 is 5.32 Å². The molecule has 1 N–H and O–H groups in total. The number of nitrogens with one attached hydrogen (secondary N) is 1. The Morgan fingerprint density at radius 3 is 2.70 bits per heavy atom. The second kappa shape index (κ2) is 5.67. The summed E-state index contributed by atoms with van der Waals surface area (Å²) in [5.41, 5.74) is -0.106. The fourth-order valence-electron chi connectivity index (χ4n) is 2.11. The predicted octanol–water partition coefficient (Wildman–Crippen LogP) is 3.29. The molecule has 0 aromatic carbocycles. The molecule has 0 amide bonds. The maximum absolute atomic E-state index is 13.1. The number of aromatic nitrogens is 2. The lowest BCUT2D eigenvalue weighted by atomic mass is 10.0. The van der Waals surface area contributed by atoms with E-state index < -0.39 is 11.9 Å². The highest BCUT2D eigenvalue weighted by molar-refractivity contribution is 7.13. The lowest BCUT2D eigenvalue weighted by Crippen LogP contribution is -2.28. The Labute approximate surface area is 123 Å². The normalized spacial score (nSPS) is 14.6. The molecule has 1 aliphatic rings. The monoisotopic (exact) mass is 321 g/mol. The Balaban J connectivity index is 0.00000147. The molecule has 0 fully saturated rings. The quantitative estimate of drug-likeness (QED) is 0.876. The standard InChI is InChI=1S/C12H10F3N3S.ClH/c13-12(14,15)10-7-3-4-16-6-8(7)17-11(18-10)9-2-1-5-19-9;/h1-2,5,16H,3-4,6H2;1H. The fourth-order valence-corrected chi connectivity index (χ4v) is 2.77. The van der Waals surface area contributed by atoms with Gasteiger partial charge < -0.3 is 5.32 Å². The largest absolute Gasteiger partial charge is 0.433 e. The van der Waals surface area contributed by atoms with Crippen molar-refractivity contribution in [1.29, 1.82) is 0 Å². The van der Waals surface area contributed by atoms with Gasteiger partial charge in [-0.1, -0.05) is 6.07 Å². The van der Waals surface area contributed by atoms with Gasteiger partial charge in [-0.05, 0) is 24.4 Å². The second-order valence-corrected chi connectivity index (χ2v) is 5.17. The molecule has 2 aromatic rings. The molecule has 0 saturated carbocycles. The van der Waals surface area contributed by atoms with Gasteiger partial charge in [0.2, 0.25) is 0 Å². The zero-order chi connectivity index (χ0) is 13.5. The number of rotatable bonds is 1. The van der Waals surface area contributed by atoms with Crippen LogP contribution in [0, 0.1) is 0 Å². The molecule has 0 unspecified atom stereocenters. The molecule has 3 nitrogen and oxygen atoms in total. The summed E-state index contributed by atoms with van der Waals surface area (Å²) in [6, 6.07) is 3.50. The third kappa shape index (κ3) is 2.79. The molecular weight excluding hydrogens is 311 g/mol. The molecule has 2 aromatic heterocycles. The van der Waals surface area contributed by atoms with Gasteiger partial charge in [0, 0.05) is 12.1 Å². The smallest absolute Gasteiger partial charge is 0.311 e. The first-order valence-electron chi connectivity index (χ1n) is 5.77. The first-order chi connectivity index (χ1) is 9.05. The third-order valence-electron chi connectivity index (χ3n) is 2.95. The van der Waals surface area contributed by atoms with Gasteiger partial charge in [-0.3, -0.25) is 0 Å². The summed E-state index contributed by atoms with van der Waals surface area (Å²) in [6.07, 6.45) is -4.12. The highest BCUT2D eigenvalue weighted by Gasteiger charge is 2.38. The molecule has 0 aliphatic carbocycles. The van der Waals surface area contributed by atoms with Crippen LogP contribution >= 0.6 is 23.7 Å². The van der Waals surface area contributed by atoms with Crippen molar-refractivity contribution in [2.75, 3.05) is 6.54 Å². The van der Waals surface area contributed by atoms with Crippen LogP contribution in [0.5, 0.6) is 0 Å². The number of thiophene rings is 1. The van der Waals surface area contributed by atoms with E-state index in [1.54, 1.807) is 17.5 Å². The van der Waals surface area contributed by atoms with Crippen molar-refractivity contribution in [1.82, 2.24) is 15.3 Å². The van der Waals surface area contributed by atoms with Gasteiger partial charge in [0.1, 0.15) is 0 Å². The molecule has 0 saturated heterocycles. The minimum Gasteiger partial charge on any atom is -0.311 e. The van der Waals surface area contributed by atoms with Crippen LogP contribution in [0.25, 0.3) is 10.7 Å². The van der Waals surface area contributed by atoms with Gasteiger partial charge in [-0.15, -0.1) is 23.7 Å². The number of nitrogens with zero attached hydrogens (tertiary/aromatic N) is 2. The van der Waals surface area contributed by atoms with Gasteiger partial charge in [0.25, 0.3) is 0 Å². The summed E-state index contributed by atoms with van der Waals surface area (Å²) < 4.78 is 39.3. The van der Waals surface area contributed by atoms with Gasteiger partial charge in [-0.25, -0.2) is 9.97 Å². The van der Waals surface area contributed by atoms with Crippen molar-refractivity contribution in [2.24, 2.45) is 0 Å².